The molecular formula is C15H18FNO4. The van der Waals surface area contributed by atoms with Gasteiger partial charge in [-0.15, -0.1) is 0 Å². The highest BCUT2D eigenvalue weighted by Gasteiger charge is 2.34. The van der Waals surface area contributed by atoms with E-state index in [0.29, 0.717) is 5.75 Å². The fourth-order valence-corrected chi connectivity index (χ4v) is 1.97. The second-order valence-electron chi connectivity index (χ2n) is 5.26. The van der Waals surface area contributed by atoms with Gasteiger partial charge in [-0.3, -0.25) is 9.59 Å². The van der Waals surface area contributed by atoms with Crippen molar-refractivity contribution in [2.24, 2.45) is 5.92 Å². The number of benzene rings is 1. The quantitative estimate of drug-likeness (QED) is 0.834. The van der Waals surface area contributed by atoms with Crippen molar-refractivity contribution in [1.82, 2.24) is 4.90 Å². The van der Waals surface area contributed by atoms with E-state index in [4.69, 9.17) is 9.84 Å². The molecule has 2 rings (SSSR count). The highest BCUT2D eigenvalue weighted by molar-refractivity contribution is 5.79. The van der Waals surface area contributed by atoms with Crippen LogP contribution in [0.3, 0.4) is 0 Å². The molecule has 1 atom stereocenters. The minimum atomic E-state index is -0.923. The zero-order valence-electron chi connectivity index (χ0n) is 11.8. The Morgan fingerprint density at radius 3 is 2.52 bits per heavy atom. The number of halogens is 1. The van der Waals surface area contributed by atoms with E-state index in [1.54, 1.807) is 11.8 Å². The van der Waals surface area contributed by atoms with E-state index in [-0.39, 0.29) is 30.9 Å². The maximum atomic E-state index is 12.8. The SMILES string of the molecule is CC(CN(C(=O)COc1ccc(F)cc1)C1CC1)C(=O)O. The lowest BCUT2D eigenvalue weighted by atomic mass is 10.1. The first-order chi connectivity index (χ1) is 9.97. The minimum Gasteiger partial charge on any atom is -0.484 e. The Bertz CT molecular complexity index is 513. The summed E-state index contributed by atoms with van der Waals surface area (Å²) in [5.74, 6) is -1.74. The summed E-state index contributed by atoms with van der Waals surface area (Å²) in [6.07, 6.45) is 1.79. The van der Waals surface area contributed by atoms with Gasteiger partial charge >= 0.3 is 5.97 Å². The number of rotatable bonds is 7. The fraction of sp³-hybridized carbons (Fsp3) is 0.467. The molecule has 0 heterocycles. The van der Waals surface area contributed by atoms with Crippen molar-refractivity contribution >= 4 is 11.9 Å². The molecule has 1 amide bonds. The van der Waals surface area contributed by atoms with Crippen molar-refractivity contribution in [1.29, 1.82) is 0 Å². The number of carboxylic acid groups (broad SMARTS) is 1. The molecule has 0 aromatic heterocycles. The van der Waals surface area contributed by atoms with Gasteiger partial charge < -0.3 is 14.7 Å². The summed E-state index contributed by atoms with van der Waals surface area (Å²) in [7, 11) is 0. The number of ether oxygens (including phenoxy) is 1. The Kier molecular flexibility index (Phi) is 4.77. The summed E-state index contributed by atoms with van der Waals surface area (Å²) in [6, 6.07) is 5.53. The summed E-state index contributed by atoms with van der Waals surface area (Å²) in [6.45, 7) is 1.59. The van der Waals surface area contributed by atoms with E-state index in [0.717, 1.165) is 12.8 Å². The van der Waals surface area contributed by atoms with Gasteiger partial charge in [0.25, 0.3) is 5.91 Å². The number of carbonyl (C=O) groups is 2. The summed E-state index contributed by atoms with van der Waals surface area (Å²) in [4.78, 5) is 24.6. The molecule has 0 saturated heterocycles. The van der Waals surface area contributed by atoms with Crippen LogP contribution >= 0.6 is 0 Å². The molecule has 1 aromatic rings. The normalized spacial score (nSPS) is 15.3. The number of aliphatic carboxylic acids is 1. The topological polar surface area (TPSA) is 66.8 Å². The lowest BCUT2D eigenvalue weighted by molar-refractivity contribution is -0.143. The standard InChI is InChI=1S/C15H18FNO4/c1-10(15(19)20)8-17(12-4-5-12)14(18)9-21-13-6-2-11(16)3-7-13/h2-3,6-7,10,12H,4-5,8-9H2,1H3,(H,19,20). The number of hydrogen-bond acceptors (Lipinski definition) is 3. The zero-order chi connectivity index (χ0) is 15.4. The molecule has 1 unspecified atom stereocenters. The van der Waals surface area contributed by atoms with E-state index in [1.165, 1.54) is 24.3 Å². The molecule has 5 nitrogen and oxygen atoms in total. The summed E-state index contributed by atoms with van der Waals surface area (Å²) in [5.41, 5.74) is 0. The van der Waals surface area contributed by atoms with Crippen molar-refractivity contribution in [3.8, 4) is 5.75 Å². The van der Waals surface area contributed by atoms with Crippen LogP contribution in [0.5, 0.6) is 5.75 Å². The Morgan fingerprint density at radius 1 is 1.38 bits per heavy atom. The van der Waals surface area contributed by atoms with E-state index >= 15 is 0 Å². The van der Waals surface area contributed by atoms with Gasteiger partial charge in [0.2, 0.25) is 0 Å². The molecule has 114 valence electrons. The second kappa shape index (κ2) is 6.56. The third kappa shape index (κ3) is 4.44. The van der Waals surface area contributed by atoms with Crippen molar-refractivity contribution in [3.63, 3.8) is 0 Å². The van der Waals surface area contributed by atoms with Crippen molar-refractivity contribution in [3.05, 3.63) is 30.1 Å². The predicted molar refractivity (Wildman–Crippen MR) is 73.4 cm³/mol. The Hall–Kier alpha value is -2.11. The first-order valence-corrected chi connectivity index (χ1v) is 6.88. The molecule has 0 bridgehead atoms. The molecule has 6 heteroatoms. The van der Waals surface area contributed by atoms with Gasteiger partial charge in [0.05, 0.1) is 5.92 Å². The largest absolute Gasteiger partial charge is 0.484 e. The van der Waals surface area contributed by atoms with Gasteiger partial charge in [-0.1, -0.05) is 6.92 Å². The molecule has 1 aliphatic carbocycles. The monoisotopic (exact) mass is 295 g/mol. The van der Waals surface area contributed by atoms with Crippen LogP contribution in [0.2, 0.25) is 0 Å². The van der Waals surface area contributed by atoms with Crippen LogP contribution in [0.15, 0.2) is 24.3 Å². The van der Waals surface area contributed by atoms with Gasteiger partial charge in [-0.05, 0) is 37.1 Å². The third-order valence-corrected chi connectivity index (χ3v) is 3.38. The molecular weight excluding hydrogens is 277 g/mol. The smallest absolute Gasteiger partial charge is 0.308 e. The molecule has 1 fully saturated rings. The molecule has 0 radical (unpaired) electrons. The first-order valence-electron chi connectivity index (χ1n) is 6.88. The molecule has 1 aliphatic rings. The first kappa shape index (κ1) is 15.3. The Balaban J connectivity index is 1.89. The minimum absolute atomic E-state index is 0.121. The highest BCUT2D eigenvalue weighted by atomic mass is 19.1. The number of carbonyl (C=O) groups excluding carboxylic acids is 1. The van der Waals surface area contributed by atoms with Gasteiger partial charge in [0.1, 0.15) is 11.6 Å². The highest BCUT2D eigenvalue weighted by Crippen LogP contribution is 2.28. The zero-order valence-corrected chi connectivity index (χ0v) is 11.8. The molecule has 0 aliphatic heterocycles. The van der Waals surface area contributed by atoms with Crippen LogP contribution < -0.4 is 4.74 Å². The van der Waals surface area contributed by atoms with E-state index in [9.17, 15) is 14.0 Å². The molecule has 0 spiro atoms. The lowest BCUT2D eigenvalue weighted by Crippen LogP contribution is -2.41. The number of amides is 1. The Labute approximate surface area is 122 Å². The van der Waals surface area contributed by atoms with Gasteiger partial charge in [-0.2, -0.15) is 0 Å². The summed E-state index contributed by atoms with van der Waals surface area (Å²) >= 11 is 0. The van der Waals surface area contributed by atoms with Crippen LogP contribution in [0.25, 0.3) is 0 Å². The number of carboxylic acids is 1. The van der Waals surface area contributed by atoms with Crippen molar-refractivity contribution < 1.29 is 23.8 Å². The van der Waals surface area contributed by atoms with Gasteiger partial charge in [0.15, 0.2) is 6.61 Å². The fourth-order valence-electron chi connectivity index (χ4n) is 1.97. The molecule has 1 saturated carbocycles. The van der Waals surface area contributed by atoms with Crippen LogP contribution in [0, 0.1) is 11.7 Å². The maximum Gasteiger partial charge on any atom is 0.308 e. The van der Waals surface area contributed by atoms with Crippen molar-refractivity contribution in [2.75, 3.05) is 13.2 Å². The van der Waals surface area contributed by atoms with Gasteiger partial charge in [0, 0.05) is 12.6 Å². The van der Waals surface area contributed by atoms with Crippen LogP contribution in [-0.4, -0.2) is 41.1 Å². The van der Waals surface area contributed by atoms with Crippen LogP contribution in [0.1, 0.15) is 19.8 Å². The van der Waals surface area contributed by atoms with Crippen LogP contribution in [0.4, 0.5) is 4.39 Å². The summed E-state index contributed by atoms with van der Waals surface area (Å²) in [5, 5.41) is 8.94. The Morgan fingerprint density at radius 2 is 2.00 bits per heavy atom. The third-order valence-electron chi connectivity index (χ3n) is 3.38. The average Bonchev–Trinajstić information content (AvgIpc) is 3.28. The molecule has 1 aromatic carbocycles. The van der Waals surface area contributed by atoms with E-state index in [1.807, 2.05) is 0 Å². The van der Waals surface area contributed by atoms with Gasteiger partial charge in [-0.25, -0.2) is 4.39 Å². The lowest BCUT2D eigenvalue weighted by Gasteiger charge is -2.24. The van der Waals surface area contributed by atoms with Crippen molar-refractivity contribution in [2.45, 2.75) is 25.8 Å². The second-order valence-corrected chi connectivity index (χ2v) is 5.26. The number of hydrogen-bond donors (Lipinski definition) is 1. The molecule has 21 heavy (non-hydrogen) atoms. The predicted octanol–water partition coefficient (Wildman–Crippen LogP) is 1.92. The van der Waals surface area contributed by atoms with Crippen LogP contribution in [-0.2, 0) is 9.59 Å². The molecule has 1 N–H and O–H groups in total. The maximum absolute atomic E-state index is 12.8. The summed E-state index contributed by atoms with van der Waals surface area (Å²) < 4.78 is 18.1. The van der Waals surface area contributed by atoms with E-state index in [2.05, 4.69) is 0 Å². The average molecular weight is 295 g/mol. The number of nitrogens with zero attached hydrogens (tertiary/aromatic N) is 1. The van der Waals surface area contributed by atoms with E-state index < -0.39 is 11.9 Å².